The van der Waals surface area contributed by atoms with Gasteiger partial charge in [0, 0.05) is 0 Å². The van der Waals surface area contributed by atoms with Gasteiger partial charge in [0.25, 0.3) is 0 Å². The van der Waals surface area contributed by atoms with E-state index in [4.69, 9.17) is 0 Å². The zero-order valence-corrected chi connectivity index (χ0v) is 8.03. The highest BCUT2D eigenvalue weighted by atomic mass is 14.5. The summed E-state index contributed by atoms with van der Waals surface area (Å²) in [5, 5.41) is 0. The minimum Gasteiger partial charge on any atom is -0.0805 e. The Morgan fingerprint density at radius 1 is 1.14 bits per heavy atom. The maximum Gasteiger partial charge on any atom is -0.00168 e. The average Bonchev–Trinajstić information content (AvgIpc) is 2.91. The fourth-order valence-corrected chi connectivity index (χ4v) is 3.00. The molecule has 3 aliphatic rings. The van der Waals surface area contributed by atoms with E-state index in [0.29, 0.717) is 0 Å². The van der Waals surface area contributed by atoms with Crippen molar-refractivity contribution in [3.8, 4) is 0 Å². The van der Waals surface area contributed by atoms with Gasteiger partial charge in [0.15, 0.2) is 0 Å². The van der Waals surface area contributed by atoms with Crippen molar-refractivity contribution in [1.29, 1.82) is 0 Å². The van der Waals surface area contributed by atoms with Crippen LogP contribution in [0.1, 0.15) is 17.5 Å². The summed E-state index contributed by atoms with van der Waals surface area (Å²) in [6.45, 7) is 0. The summed E-state index contributed by atoms with van der Waals surface area (Å²) in [6.07, 6.45) is 7.34. The zero-order chi connectivity index (χ0) is 9.12. The van der Waals surface area contributed by atoms with Crippen molar-refractivity contribution in [3.63, 3.8) is 0 Å². The van der Waals surface area contributed by atoms with Crippen molar-refractivity contribution in [2.45, 2.75) is 12.8 Å². The van der Waals surface area contributed by atoms with E-state index < -0.39 is 0 Å². The molecular formula is C14H12. The molecule has 14 heavy (non-hydrogen) atoms. The van der Waals surface area contributed by atoms with Gasteiger partial charge in [-0.05, 0) is 47.0 Å². The van der Waals surface area contributed by atoms with Gasteiger partial charge >= 0.3 is 0 Å². The highest BCUT2D eigenvalue weighted by molar-refractivity contribution is 5.82. The van der Waals surface area contributed by atoms with Crippen LogP contribution in [0.25, 0.3) is 5.57 Å². The molecule has 4 rings (SSSR count). The Balaban J connectivity index is 1.96. The van der Waals surface area contributed by atoms with E-state index >= 15 is 0 Å². The SMILES string of the molecule is C1=CC2CC2C2=C1Cc1ccccc12. The lowest BCUT2D eigenvalue weighted by Crippen LogP contribution is -1.92. The molecule has 0 saturated heterocycles. The first-order valence-electron chi connectivity index (χ1n) is 5.43. The highest BCUT2D eigenvalue weighted by Crippen LogP contribution is 2.56. The Bertz CT molecular complexity index is 477. The second-order valence-corrected chi connectivity index (χ2v) is 4.64. The van der Waals surface area contributed by atoms with Crippen LogP contribution in [-0.2, 0) is 6.42 Å². The number of hydrogen-bond donors (Lipinski definition) is 0. The largest absolute Gasteiger partial charge is 0.0805 e. The maximum absolute atomic E-state index is 2.41. The van der Waals surface area contributed by atoms with Gasteiger partial charge in [-0.1, -0.05) is 36.4 Å². The topological polar surface area (TPSA) is 0 Å². The lowest BCUT2D eigenvalue weighted by Gasteiger charge is -2.08. The molecule has 1 aromatic carbocycles. The van der Waals surface area contributed by atoms with Crippen molar-refractivity contribution in [1.82, 2.24) is 0 Å². The van der Waals surface area contributed by atoms with Crippen LogP contribution in [0.15, 0.2) is 42.0 Å². The molecule has 0 spiro atoms. The smallest absolute Gasteiger partial charge is 0.00168 e. The van der Waals surface area contributed by atoms with Crippen molar-refractivity contribution in [2.24, 2.45) is 11.8 Å². The molecule has 2 unspecified atom stereocenters. The highest BCUT2D eigenvalue weighted by Gasteiger charge is 2.43. The molecule has 0 bridgehead atoms. The average molecular weight is 180 g/mol. The molecule has 0 amide bonds. The van der Waals surface area contributed by atoms with Gasteiger partial charge in [-0.3, -0.25) is 0 Å². The van der Waals surface area contributed by atoms with Crippen LogP contribution in [0.4, 0.5) is 0 Å². The first kappa shape index (κ1) is 7.05. The summed E-state index contributed by atoms with van der Waals surface area (Å²) < 4.78 is 0. The molecule has 68 valence electrons. The third-order valence-corrected chi connectivity index (χ3v) is 3.79. The Kier molecular flexibility index (Phi) is 1.11. The third kappa shape index (κ3) is 0.747. The van der Waals surface area contributed by atoms with E-state index in [-0.39, 0.29) is 0 Å². The lowest BCUT2D eigenvalue weighted by atomic mass is 9.96. The van der Waals surface area contributed by atoms with Crippen LogP contribution >= 0.6 is 0 Å². The number of benzene rings is 1. The van der Waals surface area contributed by atoms with Crippen LogP contribution in [0.2, 0.25) is 0 Å². The molecule has 0 N–H and O–H groups in total. The van der Waals surface area contributed by atoms with E-state index in [1.807, 2.05) is 0 Å². The van der Waals surface area contributed by atoms with Gasteiger partial charge in [-0.25, -0.2) is 0 Å². The Morgan fingerprint density at radius 2 is 2.07 bits per heavy atom. The summed E-state index contributed by atoms with van der Waals surface area (Å²) in [6, 6.07) is 8.90. The second kappa shape index (κ2) is 2.20. The third-order valence-electron chi connectivity index (χ3n) is 3.79. The molecule has 0 heteroatoms. The zero-order valence-electron chi connectivity index (χ0n) is 8.03. The van der Waals surface area contributed by atoms with Gasteiger partial charge < -0.3 is 0 Å². The van der Waals surface area contributed by atoms with Crippen LogP contribution in [0, 0.1) is 11.8 Å². The minimum absolute atomic E-state index is 0.874. The van der Waals surface area contributed by atoms with Crippen molar-refractivity contribution < 1.29 is 0 Å². The second-order valence-electron chi connectivity index (χ2n) is 4.64. The number of fused-ring (bicyclic) bond motifs is 4. The van der Waals surface area contributed by atoms with Crippen molar-refractivity contribution in [3.05, 3.63) is 53.1 Å². The van der Waals surface area contributed by atoms with Crippen molar-refractivity contribution in [2.75, 3.05) is 0 Å². The maximum atomic E-state index is 2.41. The first-order chi connectivity index (χ1) is 6.93. The quantitative estimate of drug-likeness (QED) is 0.575. The monoisotopic (exact) mass is 180 g/mol. The van der Waals surface area contributed by atoms with Gasteiger partial charge in [0.2, 0.25) is 0 Å². The van der Waals surface area contributed by atoms with Gasteiger partial charge in [0.05, 0.1) is 0 Å². The number of rotatable bonds is 0. The standard InChI is InChI=1S/C14H12/c1-2-4-12-9(3-1)7-11-6-5-10-8-13(10)14(11)12/h1-6,10,13H,7-8H2. The molecule has 1 aromatic rings. The van der Waals surface area contributed by atoms with E-state index in [1.54, 1.807) is 16.7 Å². The number of hydrogen-bond acceptors (Lipinski definition) is 0. The summed E-state index contributed by atoms with van der Waals surface area (Å²) in [5.74, 6) is 1.75. The van der Waals surface area contributed by atoms with Gasteiger partial charge in [-0.2, -0.15) is 0 Å². The summed E-state index contributed by atoms with van der Waals surface area (Å²) in [4.78, 5) is 0. The first-order valence-corrected chi connectivity index (χ1v) is 5.43. The molecule has 3 aliphatic carbocycles. The number of allylic oxidation sites excluding steroid dienone is 4. The lowest BCUT2D eigenvalue weighted by molar-refractivity contribution is 0.989. The van der Waals surface area contributed by atoms with E-state index in [1.165, 1.54) is 18.4 Å². The van der Waals surface area contributed by atoms with Crippen LogP contribution in [0.3, 0.4) is 0 Å². The summed E-state index contributed by atoms with van der Waals surface area (Å²) >= 11 is 0. The predicted octanol–water partition coefficient (Wildman–Crippen LogP) is 3.20. The molecule has 0 nitrogen and oxygen atoms in total. The minimum atomic E-state index is 0.874. The Hall–Kier alpha value is -1.30. The van der Waals surface area contributed by atoms with E-state index in [0.717, 1.165) is 11.8 Å². The molecule has 1 fully saturated rings. The van der Waals surface area contributed by atoms with Crippen LogP contribution in [-0.4, -0.2) is 0 Å². The van der Waals surface area contributed by atoms with E-state index in [2.05, 4.69) is 36.4 Å². The van der Waals surface area contributed by atoms with Crippen LogP contribution < -0.4 is 0 Å². The van der Waals surface area contributed by atoms with Gasteiger partial charge in [-0.15, -0.1) is 0 Å². The fraction of sp³-hybridized carbons (Fsp3) is 0.286. The molecule has 0 aliphatic heterocycles. The molecule has 1 saturated carbocycles. The van der Waals surface area contributed by atoms with Crippen LogP contribution in [0.5, 0.6) is 0 Å². The molecule has 2 atom stereocenters. The van der Waals surface area contributed by atoms with Crippen molar-refractivity contribution >= 4 is 5.57 Å². The molecule has 0 radical (unpaired) electrons. The summed E-state index contributed by atoms with van der Waals surface area (Å²) in [5.41, 5.74) is 6.34. The summed E-state index contributed by atoms with van der Waals surface area (Å²) in [7, 11) is 0. The van der Waals surface area contributed by atoms with E-state index in [9.17, 15) is 0 Å². The Morgan fingerprint density at radius 3 is 3.07 bits per heavy atom. The van der Waals surface area contributed by atoms with Gasteiger partial charge in [0.1, 0.15) is 0 Å². The Labute approximate surface area is 84.0 Å². The fourth-order valence-electron chi connectivity index (χ4n) is 3.00. The predicted molar refractivity (Wildman–Crippen MR) is 57.8 cm³/mol. The molecular weight excluding hydrogens is 168 g/mol. The molecule has 0 aromatic heterocycles. The molecule has 0 heterocycles. The normalized spacial score (nSPS) is 31.1.